The average molecular weight is 346 g/mol. The van der Waals surface area contributed by atoms with Gasteiger partial charge in [-0.2, -0.15) is 0 Å². The van der Waals surface area contributed by atoms with Crippen LogP contribution in [-0.2, 0) is 6.54 Å². The van der Waals surface area contributed by atoms with Gasteiger partial charge in [-0.05, 0) is 36.0 Å². The Bertz CT molecular complexity index is 654. The molecular formula is C18H20ClN3S. The van der Waals surface area contributed by atoms with Crippen molar-refractivity contribution in [3.05, 3.63) is 65.2 Å². The Balaban J connectivity index is 1.50. The SMILES string of the molecule is S=C(Nc1ccccc1)N1CCN(Cc2ccccc2Cl)CC1. The molecule has 2 aromatic rings. The summed E-state index contributed by atoms with van der Waals surface area (Å²) in [6.45, 7) is 4.74. The van der Waals surface area contributed by atoms with E-state index in [9.17, 15) is 0 Å². The summed E-state index contributed by atoms with van der Waals surface area (Å²) in [5.74, 6) is 0. The molecule has 1 aliphatic heterocycles. The minimum Gasteiger partial charge on any atom is -0.346 e. The third-order valence-electron chi connectivity index (χ3n) is 4.04. The summed E-state index contributed by atoms with van der Waals surface area (Å²) in [6, 6.07) is 18.1. The first-order chi connectivity index (χ1) is 11.2. The number of thiocarbonyl (C=S) groups is 1. The molecule has 0 unspecified atom stereocenters. The lowest BCUT2D eigenvalue weighted by atomic mass is 10.2. The van der Waals surface area contributed by atoms with Crippen LogP contribution in [0, 0.1) is 0 Å². The Labute approximate surface area is 147 Å². The van der Waals surface area contributed by atoms with Gasteiger partial charge in [0.05, 0.1) is 0 Å². The van der Waals surface area contributed by atoms with E-state index in [1.54, 1.807) is 0 Å². The molecule has 0 spiro atoms. The lowest BCUT2D eigenvalue weighted by Gasteiger charge is -2.36. The smallest absolute Gasteiger partial charge is 0.173 e. The first-order valence-corrected chi connectivity index (χ1v) is 8.58. The molecule has 23 heavy (non-hydrogen) atoms. The van der Waals surface area contributed by atoms with Gasteiger partial charge < -0.3 is 10.2 Å². The predicted molar refractivity (Wildman–Crippen MR) is 101 cm³/mol. The van der Waals surface area contributed by atoms with Crippen LogP contribution >= 0.6 is 23.8 Å². The van der Waals surface area contributed by atoms with E-state index in [2.05, 4.69) is 21.2 Å². The highest BCUT2D eigenvalue weighted by molar-refractivity contribution is 7.80. The van der Waals surface area contributed by atoms with Gasteiger partial charge in [0.15, 0.2) is 5.11 Å². The molecule has 5 heteroatoms. The maximum absolute atomic E-state index is 6.25. The van der Waals surface area contributed by atoms with Crippen LogP contribution in [0.3, 0.4) is 0 Å². The highest BCUT2D eigenvalue weighted by atomic mass is 35.5. The molecule has 1 fully saturated rings. The molecule has 0 aliphatic carbocycles. The molecule has 120 valence electrons. The molecule has 3 rings (SSSR count). The summed E-state index contributed by atoms with van der Waals surface area (Å²) < 4.78 is 0. The Hall–Kier alpha value is -1.62. The van der Waals surface area contributed by atoms with Crippen molar-refractivity contribution in [2.24, 2.45) is 0 Å². The van der Waals surface area contributed by atoms with Crippen LogP contribution in [0.5, 0.6) is 0 Å². The van der Waals surface area contributed by atoms with E-state index in [4.69, 9.17) is 23.8 Å². The van der Waals surface area contributed by atoms with Crippen molar-refractivity contribution in [1.82, 2.24) is 9.80 Å². The van der Waals surface area contributed by atoms with Crippen LogP contribution in [0.15, 0.2) is 54.6 Å². The average Bonchev–Trinajstić information content (AvgIpc) is 2.58. The van der Waals surface area contributed by atoms with Gasteiger partial charge in [-0.1, -0.05) is 48.0 Å². The van der Waals surface area contributed by atoms with Crippen molar-refractivity contribution in [1.29, 1.82) is 0 Å². The molecule has 0 amide bonds. The summed E-state index contributed by atoms with van der Waals surface area (Å²) in [5.41, 5.74) is 2.23. The van der Waals surface area contributed by atoms with Gasteiger partial charge in [0, 0.05) is 43.4 Å². The largest absolute Gasteiger partial charge is 0.346 e. The van der Waals surface area contributed by atoms with Gasteiger partial charge >= 0.3 is 0 Å². The molecule has 0 saturated carbocycles. The summed E-state index contributed by atoms with van der Waals surface area (Å²) in [5, 5.41) is 4.95. The third kappa shape index (κ3) is 4.44. The number of nitrogens with one attached hydrogen (secondary N) is 1. The molecule has 1 saturated heterocycles. The fourth-order valence-corrected chi connectivity index (χ4v) is 3.20. The molecule has 0 radical (unpaired) electrons. The summed E-state index contributed by atoms with van der Waals surface area (Å²) in [4.78, 5) is 4.65. The number of nitrogens with zero attached hydrogens (tertiary/aromatic N) is 2. The van der Waals surface area contributed by atoms with Crippen LogP contribution in [0.25, 0.3) is 0 Å². The number of piperazine rings is 1. The molecule has 3 nitrogen and oxygen atoms in total. The molecule has 1 N–H and O–H groups in total. The normalized spacial score (nSPS) is 15.4. The van der Waals surface area contributed by atoms with Gasteiger partial charge in [-0.3, -0.25) is 4.90 Å². The van der Waals surface area contributed by atoms with Crippen LogP contribution < -0.4 is 5.32 Å². The molecule has 0 aromatic heterocycles. The number of hydrogen-bond acceptors (Lipinski definition) is 2. The van der Waals surface area contributed by atoms with Crippen molar-refractivity contribution in [3.63, 3.8) is 0 Å². The van der Waals surface area contributed by atoms with Crippen LogP contribution in [0.1, 0.15) is 5.56 Å². The second-order valence-corrected chi connectivity index (χ2v) is 6.44. The molecule has 0 atom stereocenters. The Morgan fingerprint density at radius 1 is 0.957 bits per heavy atom. The Morgan fingerprint density at radius 3 is 2.30 bits per heavy atom. The number of benzene rings is 2. The van der Waals surface area contributed by atoms with Gasteiger partial charge in [0.2, 0.25) is 0 Å². The van der Waals surface area contributed by atoms with Crippen molar-refractivity contribution in [2.45, 2.75) is 6.54 Å². The lowest BCUT2D eigenvalue weighted by molar-refractivity contribution is 0.177. The van der Waals surface area contributed by atoms with Gasteiger partial charge in [0.25, 0.3) is 0 Å². The van der Waals surface area contributed by atoms with E-state index in [1.165, 1.54) is 5.56 Å². The second-order valence-electron chi connectivity index (χ2n) is 5.65. The van der Waals surface area contributed by atoms with E-state index in [0.717, 1.165) is 48.5 Å². The number of rotatable bonds is 3. The van der Waals surface area contributed by atoms with Crippen molar-refractivity contribution < 1.29 is 0 Å². The molecule has 2 aromatic carbocycles. The molecule has 1 aliphatic rings. The minimum atomic E-state index is 0.800. The Kier molecular flexibility index (Phi) is 5.49. The summed E-state index contributed by atoms with van der Waals surface area (Å²) >= 11 is 11.8. The maximum Gasteiger partial charge on any atom is 0.173 e. The number of anilines is 1. The lowest BCUT2D eigenvalue weighted by Crippen LogP contribution is -2.49. The fourth-order valence-electron chi connectivity index (χ4n) is 2.70. The summed E-state index contributed by atoms with van der Waals surface area (Å²) in [6.07, 6.45) is 0. The molecule has 1 heterocycles. The van der Waals surface area contributed by atoms with Crippen molar-refractivity contribution >= 4 is 34.6 Å². The highest BCUT2D eigenvalue weighted by Crippen LogP contribution is 2.18. The first kappa shape index (κ1) is 16.2. The minimum absolute atomic E-state index is 0.800. The quantitative estimate of drug-likeness (QED) is 0.851. The number of hydrogen-bond donors (Lipinski definition) is 1. The predicted octanol–water partition coefficient (Wildman–Crippen LogP) is 3.85. The zero-order valence-electron chi connectivity index (χ0n) is 12.9. The second kappa shape index (κ2) is 7.77. The molecular weight excluding hydrogens is 326 g/mol. The van der Waals surface area contributed by atoms with Crippen molar-refractivity contribution in [2.75, 3.05) is 31.5 Å². The van der Waals surface area contributed by atoms with Gasteiger partial charge in [0.1, 0.15) is 0 Å². The van der Waals surface area contributed by atoms with E-state index < -0.39 is 0 Å². The number of para-hydroxylation sites is 1. The van der Waals surface area contributed by atoms with Gasteiger partial charge in [-0.25, -0.2) is 0 Å². The highest BCUT2D eigenvalue weighted by Gasteiger charge is 2.19. The topological polar surface area (TPSA) is 18.5 Å². The Morgan fingerprint density at radius 2 is 1.61 bits per heavy atom. The van der Waals surface area contributed by atoms with E-state index >= 15 is 0 Å². The number of halogens is 1. The van der Waals surface area contributed by atoms with Crippen LogP contribution in [0.4, 0.5) is 5.69 Å². The van der Waals surface area contributed by atoms with Crippen LogP contribution in [0.2, 0.25) is 5.02 Å². The maximum atomic E-state index is 6.25. The first-order valence-electron chi connectivity index (χ1n) is 7.79. The van der Waals surface area contributed by atoms with Gasteiger partial charge in [-0.15, -0.1) is 0 Å². The van der Waals surface area contributed by atoms with E-state index in [0.29, 0.717) is 0 Å². The zero-order valence-corrected chi connectivity index (χ0v) is 14.5. The van der Waals surface area contributed by atoms with Crippen molar-refractivity contribution in [3.8, 4) is 0 Å². The zero-order chi connectivity index (χ0) is 16.1. The van der Waals surface area contributed by atoms with Crippen LogP contribution in [-0.4, -0.2) is 41.1 Å². The monoisotopic (exact) mass is 345 g/mol. The van der Waals surface area contributed by atoms with E-state index in [-0.39, 0.29) is 0 Å². The standard InChI is InChI=1S/C18H20ClN3S/c19-17-9-5-4-6-15(17)14-21-10-12-22(13-11-21)18(23)20-16-7-2-1-3-8-16/h1-9H,10-14H2,(H,20,23). The fraction of sp³-hybridized carbons (Fsp3) is 0.278. The van der Waals surface area contributed by atoms with E-state index in [1.807, 2.05) is 48.5 Å². The molecule has 0 bridgehead atoms. The summed E-state index contributed by atoms with van der Waals surface area (Å²) in [7, 11) is 0. The third-order valence-corrected chi connectivity index (χ3v) is 4.77.